The Morgan fingerprint density at radius 2 is 2.00 bits per heavy atom. The minimum Gasteiger partial charge on any atom is -0.469 e. The van der Waals surface area contributed by atoms with Gasteiger partial charge < -0.3 is 9.47 Å². The van der Waals surface area contributed by atoms with Crippen molar-refractivity contribution < 1.29 is 14.3 Å². The molecule has 0 aromatic carbocycles. The molecule has 1 rings (SSSR count). The summed E-state index contributed by atoms with van der Waals surface area (Å²) >= 11 is 0. The Hall–Kier alpha value is -0.570. The first-order valence-electron chi connectivity index (χ1n) is 5.14. The van der Waals surface area contributed by atoms with Gasteiger partial charge in [0.25, 0.3) is 0 Å². The van der Waals surface area contributed by atoms with Gasteiger partial charge in [-0.3, -0.25) is 4.79 Å². The van der Waals surface area contributed by atoms with Gasteiger partial charge in [0.1, 0.15) is 0 Å². The van der Waals surface area contributed by atoms with Crippen LogP contribution in [0.1, 0.15) is 46.5 Å². The van der Waals surface area contributed by atoms with Crippen LogP contribution in [0, 0.1) is 0 Å². The molecule has 0 saturated carbocycles. The zero-order valence-corrected chi connectivity index (χ0v) is 9.55. The highest BCUT2D eigenvalue weighted by atomic mass is 16.5. The van der Waals surface area contributed by atoms with E-state index in [9.17, 15) is 4.79 Å². The number of carbonyl (C=O) groups excluding carboxylic acids is 1. The molecule has 0 radical (unpaired) electrons. The van der Waals surface area contributed by atoms with E-state index in [4.69, 9.17) is 4.74 Å². The average molecular weight is 200 g/mol. The van der Waals surface area contributed by atoms with Gasteiger partial charge in [-0.2, -0.15) is 0 Å². The summed E-state index contributed by atoms with van der Waals surface area (Å²) in [4.78, 5) is 11.2. The number of hydrogen-bond acceptors (Lipinski definition) is 3. The van der Waals surface area contributed by atoms with Crippen molar-refractivity contribution in [3.63, 3.8) is 0 Å². The zero-order chi connectivity index (χ0) is 10.8. The lowest BCUT2D eigenvalue weighted by atomic mass is 9.86. The molecular formula is C11H20O3. The Labute approximate surface area is 85.8 Å². The van der Waals surface area contributed by atoms with Crippen LogP contribution in [-0.4, -0.2) is 24.3 Å². The lowest BCUT2D eigenvalue weighted by Gasteiger charge is -2.42. The van der Waals surface area contributed by atoms with Gasteiger partial charge in [0.15, 0.2) is 0 Å². The number of methoxy groups -OCH3 is 1. The van der Waals surface area contributed by atoms with Crippen LogP contribution in [0.3, 0.4) is 0 Å². The van der Waals surface area contributed by atoms with Crippen molar-refractivity contribution in [3.05, 3.63) is 0 Å². The van der Waals surface area contributed by atoms with Crippen LogP contribution in [0.5, 0.6) is 0 Å². The Bertz CT molecular complexity index is 223. The van der Waals surface area contributed by atoms with Crippen LogP contribution in [0.15, 0.2) is 0 Å². The Kier molecular flexibility index (Phi) is 3.20. The van der Waals surface area contributed by atoms with Crippen molar-refractivity contribution in [2.75, 3.05) is 7.11 Å². The summed E-state index contributed by atoms with van der Waals surface area (Å²) in [7, 11) is 1.42. The standard InChI is InChI=1S/C11H20O3/c1-10(2)6-5-7-11(3,14-10)8-9(12)13-4/h5-8H2,1-4H3. The highest BCUT2D eigenvalue weighted by molar-refractivity contribution is 5.70. The fraction of sp³-hybridized carbons (Fsp3) is 0.909. The maximum absolute atomic E-state index is 11.2. The normalized spacial score (nSPS) is 31.1. The predicted octanol–water partition coefficient (Wildman–Crippen LogP) is 2.29. The summed E-state index contributed by atoms with van der Waals surface area (Å²) in [6.45, 7) is 6.13. The summed E-state index contributed by atoms with van der Waals surface area (Å²) in [6, 6.07) is 0. The van der Waals surface area contributed by atoms with Crippen LogP contribution in [0.2, 0.25) is 0 Å². The van der Waals surface area contributed by atoms with Crippen LogP contribution >= 0.6 is 0 Å². The molecule has 0 spiro atoms. The Morgan fingerprint density at radius 1 is 1.36 bits per heavy atom. The van der Waals surface area contributed by atoms with E-state index < -0.39 is 0 Å². The minimum atomic E-state index is -0.338. The second-order valence-electron chi connectivity index (χ2n) is 4.92. The van der Waals surface area contributed by atoms with Crippen molar-refractivity contribution >= 4 is 5.97 Å². The number of esters is 1. The highest BCUT2D eigenvalue weighted by Crippen LogP contribution is 2.37. The van der Waals surface area contributed by atoms with E-state index in [-0.39, 0.29) is 17.2 Å². The van der Waals surface area contributed by atoms with Gasteiger partial charge in [0.2, 0.25) is 0 Å². The number of carbonyl (C=O) groups is 1. The predicted molar refractivity (Wildman–Crippen MR) is 54.1 cm³/mol. The second-order valence-corrected chi connectivity index (χ2v) is 4.92. The molecule has 14 heavy (non-hydrogen) atoms. The zero-order valence-electron chi connectivity index (χ0n) is 9.55. The molecule has 0 bridgehead atoms. The fourth-order valence-corrected chi connectivity index (χ4v) is 2.16. The number of ether oxygens (including phenoxy) is 2. The van der Waals surface area contributed by atoms with Crippen LogP contribution in [-0.2, 0) is 14.3 Å². The molecule has 3 heteroatoms. The number of rotatable bonds is 2. The molecule has 82 valence electrons. The summed E-state index contributed by atoms with van der Waals surface area (Å²) in [5.74, 6) is -0.190. The van der Waals surface area contributed by atoms with E-state index in [1.54, 1.807) is 0 Å². The SMILES string of the molecule is COC(=O)CC1(C)CCCC(C)(C)O1. The molecule has 1 aliphatic rings. The van der Waals surface area contributed by atoms with Gasteiger partial charge >= 0.3 is 5.97 Å². The van der Waals surface area contributed by atoms with Crippen molar-refractivity contribution in [3.8, 4) is 0 Å². The van der Waals surface area contributed by atoms with Crippen LogP contribution in [0.25, 0.3) is 0 Å². The molecule has 0 aromatic heterocycles. The van der Waals surface area contributed by atoms with Crippen molar-refractivity contribution in [1.29, 1.82) is 0 Å². The lowest BCUT2D eigenvalue weighted by Crippen LogP contribution is -2.44. The number of hydrogen-bond donors (Lipinski definition) is 0. The van der Waals surface area contributed by atoms with Crippen LogP contribution < -0.4 is 0 Å². The molecule has 0 amide bonds. The molecule has 1 aliphatic heterocycles. The molecule has 1 fully saturated rings. The van der Waals surface area contributed by atoms with Gasteiger partial charge in [-0.05, 0) is 40.0 Å². The molecule has 0 aromatic rings. The van der Waals surface area contributed by atoms with Gasteiger partial charge in [-0.15, -0.1) is 0 Å². The lowest BCUT2D eigenvalue weighted by molar-refractivity contribution is -0.180. The van der Waals surface area contributed by atoms with Gasteiger partial charge in [-0.25, -0.2) is 0 Å². The van der Waals surface area contributed by atoms with Gasteiger partial charge in [0, 0.05) is 0 Å². The smallest absolute Gasteiger partial charge is 0.308 e. The highest BCUT2D eigenvalue weighted by Gasteiger charge is 2.38. The summed E-state index contributed by atoms with van der Waals surface area (Å²) in [5, 5.41) is 0. The van der Waals surface area contributed by atoms with E-state index >= 15 is 0 Å². The molecule has 1 saturated heterocycles. The van der Waals surface area contributed by atoms with E-state index in [2.05, 4.69) is 18.6 Å². The molecule has 1 atom stereocenters. The quantitative estimate of drug-likeness (QED) is 0.641. The molecule has 0 aliphatic carbocycles. The molecule has 1 heterocycles. The van der Waals surface area contributed by atoms with E-state index in [1.165, 1.54) is 7.11 Å². The maximum Gasteiger partial charge on any atom is 0.308 e. The minimum absolute atomic E-state index is 0.110. The summed E-state index contributed by atoms with van der Waals surface area (Å²) in [6.07, 6.45) is 3.46. The van der Waals surface area contributed by atoms with Gasteiger partial charge in [0.05, 0.1) is 24.7 Å². The monoisotopic (exact) mass is 200 g/mol. The van der Waals surface area contributed by atoms with Crippen molar-refractivity contribution in [1.82, 2.24) is 0 Å². The van der Waals surface area contributed by atoms with E-state index in [1.807, 2.05) is 6.92 Å². The topological polar surface area (TPSA) is 35.5 Å². The molecule has 1 unspecified atom stereocenters. The first kappa shape index (κ1) is 11.5. The first-order valence-corrected chi connectivity index (χ1v) is 5.14. The molecular weight excluding hydrogens is 180 g/mol. The summed E-state index contributed by atoms with van der Waals surface area (Å²) < 4.78 is 10.6. The Morgan fingerprint density at radius 3 is 2.50 bits per heavy atom. The van der Waals surface area contributed by atoms with Crippen molar-refractivity contribution in [2.24, 2.45) is 0 Å². The largest absolute Gasteiger partial charge is 0.469 e. The van der Waals surface area contributed by atoms with Crippen molar-refractivity contribution in [2.45, 2.75) is 57.7 Å². The third-order valence-corrected chi connectivity index (χ3v) is 2.75. The summed E-state index contributed by atoms with van der Waals surface area (Å²) in [5.41, 5.74) is -0.449. The van der Waals surface area contributed by atoms with E-state index in [0.29, 0.717) is 6.42 Å². The first-order chi connectivity index (χ1) is 6.37. The van der Waals surface area contributed by atoms with Gasteiger partial charge in [-0.1, -0.05) is 0 Å². The maximum atomic E-state index is 11.2. The molecule has 3 nitrogen and oxygen atoms in total. The van der Waals surface area contributed by atoms with Crippen LogP contribution in [0.4, 0.5) is 0 Å². The average Bonchev–Trinajstić information content (AvgIpc) is 2.00. The third kappa shape index (κ3) is 2.98. The second kappa shape index (κ2) is 3.89. The van der Waals surface area contributed by atoms with E-state index in [0.717, 1.165) is 19.3 Å². The Balaban J connectivity index is 2.60. The fourth-order valence-electron chi connectivity index (χ4n) is 2.16. The molecule has 0 N–H and O–H groups in total. The third-order valence-electron chi connectivity index (χ3n) is 2.75.